The van der Waals surface area contributed by atoms with Crippen LogP contribution in [0.15, 0.2) is 11.6 Å². The molecule has 3 nitrogen and oxygen atoms in total. The summed E-state index contributed by atoms with van der Waals surface area (Å²) in [5.41, 5.74) is 0.484. The van der Waals surface area contributed by atoms with Crippen LogP contribution in [0.1, 0.15) is 13.8 Å². The Labute approximate surface area is 79.7 Å². The summed E-state index contributed by atoms with van der Waals surface area (Å²) in [5, 5.41) is 8.61. The van der Waals surface area contributed by atoms with Crippen LogP contribution >= 0.6 is 0 Å². The van der Waals surface area contributed by atoms with Gasteiger partial charge < -0.3 is 9.47 Å². The number of rotatable bonds is 3. The lowest BCUT2D eigenvalue weighted by atomic mass is 9.94. The quantitative estimate of drug-likeness (QED) is 0.597. The smallest absolute Gasteiger partial charge is 0.116 e. The molecule has 0 saturated heterocycles. The van der Waals surface area contributed by atoms with Crippen LogP contribution in [0.3, 0.4) is 0 Å². The zero-order valence-corrected chi connectivity index (χ0v) is 7.86. The fraction of sp³-hybridized carbons (Fsp3) is 0.667. The Balaban J connectivity index is 2.40. The number of nitriles is 1. The van der Waals surface area contributed by atoms with E-state index in [4.69, 9.17) is 22.6 Å². The van der Waals surface area contributed by atoms with Crippen molar-refractivity contribution < 1.29 is 9.47 Å². The standard InChI is InChI=1S/C9H12BNO2/c1-6(2)12-5-8-3-7(4-11)9(10)13-8/h3,6,8-9H,5H2,1-2H3/t8-,9+/m0/s1. The third-order valence-corrected chi connectivity index (χ3v) is 1.72. The average molecular weight is 177 g/mol. The van der Waals surface area contributed by atoms with Crippen molar-refractivity contribution in [1.29, 1.82) is 5.26 Å². The molecule has 0 fully saturated rings. The van der Waals surface area contributed by atoms with E-state index in [0.29, 0.717) is 12.2 Å². The van der Waals surface area contributed by atoms with Crippen LogP contribution in [-0.2, 0) is 9.47 Å². The highest BCUT2D eigenvalue weighted by molar-refractivity contribution is 6.13. The Bertz CT molecular complexity index is 244. The fourth-order valence-electron chi connectivity index (χ4n) is 1.07. The van der Waals surface area contributed by atoms with Gasteiger partial charge in [0, 0.05) is 5.57 Å². The molecule has 0 saturated carbocycles. The monoisotopic (exact) mass is 177 g/mol. The van der Waals surface area contributed by atoms with E-state index in [1.54, 1.807) is 6.08 Å². The first-order valence-corrected chi connectivity index (χ1v) is 4.28. The van der Waals surface area contributed by atoms with Crippen molar-refractivity contribution in [1.82, 2.24) is 0 Å². The summed E-state index contributed by atoms with van der Waals surface area (Å²) < 4.78 is 10.6. The van der Waals surface area contributed by atoms with Crippen LogP contribution in [0, 0.1) is 11.3 Å². The van der Waals surface area contributed by atoms with Gasteiger partial charge in [-0.05, 0) is 19.9 Å². The van der Waals surface area contributed by atoms with E-state index < -0.39 is 6.00 Å². The largest absolute Gasteiger partial charge is 0.376 e. The summed E-state index contributed by atoms with van der Waals surface area (Å²) in [7, 11) is 5.52. The highest BCUT2D eigenvalue weighted by Gasteiger charge is 2.22. The maximum Gasteiger partial charge on any atom is 0.116 e. The molecule has 0 spiro atoms. The summed E-state index contributed by atoms with van der Waals surface area (Å²) >= 11 is 0. The van der Waals surface area contributed by atoms with Crippen LogP contribution in [0.4, 0.5) is 0 Å². The van der Waals surface area contributed by atoms with Crippen LogP contribution in [0.5, 0.6) is 0 Å². The van der Waals surface area contributed by atoms with Gasteiger partial charge in [0.25, 0.3) is 0 Å². The first kappa shape index (κ1) is 10.3. The van der Waals surface area contributed by atoms with Gasteiger partial charge in [0.2, 0.25) is 0 Å². The zero-order valence-electron chi connectivity index (χ0n) is 7.86. The predicted molar refractivity (Wildman–Crippen MR) is 49.2 cm³/mol. The number of nitrogens with zero attached hydrogens (tertiary/aromatic N) is 1. The molecule has 1 rings (SSSR count). The van der Waals surface area contributed by atoms with Crippen LogP contribution in [0.2, 0.25) is 0 Å². The highest BCUT2D eigenvalue weighted by Crippen LogP contribution is 2.17. The maximum atomic E-state index is 8.61. The van der Waals surface area contributed by atoms with Gasteiger partial charge in [-0.2, -0.15) is 5.26 Å². The van der Waals surface area contributed by atoms with E-state index in [2.05, 4.69) is 0 Å². The van der Waals surface area contributed by atoms with Crippen molar-refractivity contribution in [2.75, 3.05) is 6.61 Å². The molecule has 2 atom stereocenters. The van der Waals surface area contributed by atoms with E-state index in [0.717, 1.165) is 0 Å². The summed E-state index contributed by atoms with van der Waals surface area (Å²) in [6, 6.07) is 1.41. The normalized spacial score (nSPS) is 27.4. The van der Waals surface area contributed by atoms with Crippen molar-refractivity contribution in [3.8, 4) is 6.07 Å². The second-order valence-corrected chi connectivity index (χ2v) is 3.21. The number of hydrogen-bond donors (Lipinski definition) is 0. The van der Waals surface area contributed by atoms with E-state index in [9.17, 15) is 0 Å². The minimum atomic E-state index is -0.578. The zero-order chi connectivity index (χ0) is 9.84. The molecule has 1 aliphatic rings. The Hall–Kier alpha value is -0.785. The molecule has 0 bridgehead atoms. The van der Waals surface area contributed by atoms with E-state index in [1.807, 2.05) is 19.9 Å². The molecule has 4 heteroatoms. The van der Waals surface area contributed by atoms with Crippen molar-refractivity contribution in [2.24, 2.45) is 0 Å². The third kappa shape index (κ3) is 2.87. The van der Waals surface area contributed by atoms with Gasteiger partial charge in [0.15, 0.2) is 0 Å². The van der Waals surface area contributed by atoms with Gasteiger partial charge in [-0.1, -0.05) is 0 Å². The van der Waals surface area contributed by atoms with Crippen molar-refractivity contribution >= 4 is 7.85 Å². The fourth-order valence-corrected chi connectivity index (χ4v) is 1.07. The first-order chi connectivity index (χ1) is 6.13. The lowest BCUT2D eigenvalue weighted by Gasteiger charge is -2.13. The third-order valence-electron chi connectivity index (χ3n) is 1.72. The lowest BCUT2D eigenvalue weighted by molar-refractivity contribution is -0.00565. The minimum absolute atomic E-state index is 0.166. The topological polar surface area (TPSA) is 42.2 Å². The van der Waals surface area contributed by atoms with Crippen molar-refractivity contribution in [3.63, 3.8) is 0 Å². The van der Waals surface area contributed by atoms with Crippen molar-refractivity contribution in [3.05, 3.63) is 11.6 Å². The Morgan fingerprint density at radius 3 is 2.92 bits per heavy atom. The molecule has 68 valence electrons. The van der Waals surface area contributed by atoms with Crippen LogP contribution < -0.4 is 0 Å². The van der Waals surface area contributed by atoms with Gasteiger partial charge in [0.1, 0.15) is 14.0 Å². The van der Waals surface area contributed by atoms with Gasteiger partial charge >= 0.3 is 0 Å². The Kier molecular flexibility index (Phi) is 3.53. The molecule has 0 aliphatic carbocycles. The molecular weight excluding hydrogens is 165 g/mol. The van der Waals surface area contributed by atoms with Gasteiger partial charge in [-0.25, -0.2) is 0 Å². The molecule has 0 aromatic heterocycles. The van der Waals surface area contributed by atoms with Crippen LogP contribution in [0.25, 0.3) is 0 Å². The number of hydrogen-bond acceptors (Lipinski definition) is 3. The first-order valence-electron chi connectivity index (χ1n) is 4.28. The second kappa shape index (κ2) is 4.45. The second-order valence-electron chi connectivity index (χ2n) is 3.21. The summed E-state index contributed by atoms with van der Waals surface area (Å²) in [6.45, 7) is 4.35. The van der Waals surface area contributed by atoms with Crippen molar-refractivity contribution in [2.45, 2.75) is 32.1 Å². The molecule has 13 heavy (non-hydrogen) atoms. The summed E-state index contributed by atoms with van der Waals surface area (Å²) in [6.07, 6.45) is 1.71. The molecule has 2 radical (unpaired) electrons. The van der Waals surface area contributed by atoms with E-state index in [-0.39, 0.29) is 12.2 Å². The maximum absolute atomic E-state index is 8.61. The van der Waals surface area contributed by atoms with E-state index >= 15 is 0 Å². The Morgan fingerprint density at radius 2 is 2.46 bits per heavy atom. The van der Waals surface area contributed by atoms with Gasteiger partial charge in [-0.3, -0.25) is 0 Å². The molecular formula is C9H12BNO2. The molecule has 1 aliphatic heterocycles. The van der Waals surface area contributed by atoms with E-state index in [1.165, 1.54) is 0 Å². The summed E-state index contributed by atoms with van der Waals surface area (Å²) in [4.78, 5) is 0. The Morgan fingerprint density at radius 1 is 1.77 bits per heavy atom. The van der Waals surface area contributed by atoms with Crippen LogP contribution in [-0.4, -0.2) is 32.7 Å². The molecule has 0 aromatic rings. The van der Waals surface area contributed by atoms with Gasteiger partial charge in [-0.15, -0.1) is 0 Å². The molecule has 0 aromatic carbocycles. The molecule has 1 heterocycles. The van der Waals surface area contributed by atoms with Gasteiger partial charge in [0.05, 0.1) is 24.8 Å². The summed E-state index contributed by atoms with van der Waals surface area (Å²) in [5.74, 6) is 0. The average Bonchev–Trinajstić information content (AvgIpc) is 2.43. The predicted octanol–water partition coefficient (Wildman–Crippen LogP) is 0.755. The molecule has 0 unspecified atom stereocenters. The number of ether oxygens (including phenoxy) is 2. The lowest BCUT2D eigenvalue weighted by Crippen LogP contribution is -2.20. The minimum Gasteiger partial charge on any atom is -0.376 e. The molecule has 0 amide bonds. The molecule has 0 N–H and O–H groups in total. The highest BCUT2D eigenvalue weighted by atomic mass is 16.5. The SMILES string of the molecule is [B][C@@H]1O[C@H](COC(C)C)C=C1C#N.